The zero-order valence-corrected chi connectivity index (χ0v) is 20.4. The summed E-state index contributed by atoms with van der Waals surface area (Å²) in [6.45, 7) is 2.15. The predicted molar refractivity (Wildman–Crippen MR) is 139 cm³/mol. The first kappa shape index (κ1) is 23.8. The SMILES string of the molecule is O=C(/C=C/c1cn(-c2ccccc2)nc1-c1cccnc1)N1CCN(C(=O)NC2CCCCC2)CC1. The fourth-order valence-corrected chi connectivity index (χ4v) is 4.86. The molecule has 1 saturated heterocycles. The van der Waals surface area contributed by atoms with E-state index in [1.54, 1.807) is 23.4 Å². The van der Waals surface area contributed by atoms with Gasteiger partial charge in [0.25, 0.3) is 0 Å². The summed E-state index contributed by atoms with van der Waals surface area (Å²) in [4.78, 5) is 33.4. The molecule has 5 rings (SSSR count). The Morgan fingerprint density at radius 1 is 0.917 bits per heavy atom. The molecule has 186 valence electrons. The number of rotatable bonds is 5. The molecule has 0 atom stereocenters. The highest BCUT2D eigenvalue weighted by atomic mass is 16.2. The molecule has 1 saturated carbocycles. The van der Waals surface area contributed by atoms with Crippen LogP contribution in [-0.4, -0.2) is 68.7 Å². The van der Waals surface area contributed by atoms with E-state index in [1.807, 2.05) is 64.3 Å². The van der Waals surface area contributed by atoms with Crippen LogP contribution < -0.4 is 5.32 Å². The van der Waals surface area contributed by atoms with E-state index in [1.165, 1.54) is 19.3 Å². The molecule has 1 N–H and O–H groups in total. The Morgan fingerprint density at radius 3 is 2.39 bits per heavy atom. The van der Waals surface area contributed by atoms with Crippen LogP contribution in [-0.2, 0) is 4.79 Å². The highest BCUT2D eigenvalue weighted by Gasteiger charge is 2.25. The monoisotopic (exact) mass is 484 g/mol. The average Bonchev–Trinajstić information content (AvgIpc) is 3.38. The fraction of sp³-hybridized carbons (Fsp3) is 0.357. The Hall–Kier alpha value is -3.94. The summed E-state index contributed by atoms with van der Waals surface area (Å²) in [7, 11) is 0. The minimum Gasteiger partial charge on any atom is -0.336 e. The third-order valence-electron chi connectivity index (χ3n) is 6.92. The van der Waals surface area contributed by atoms with Crippen molar-refractivity contribution in [2.24, 2.45) is 0 Å². The molecular formula is C28H32N6O2. The van der Waals surface area contributed by atoms with Crippen LogP contribution in [0.4, 0.5) is 4.79 Å². The molecule has 36 heavy (non-hydrogen) atoms. The molecule has 1 aromatic carbocycles. The van der Waals surface area contributed by atoms with Crippen LogP contribution >= 0.6 is 0 Å². The second-order valence-corrected chi connectivity index (χ2v) is 9.38. The number of carbonyl (C=O) groups is 2. The number of benzene rings is 1. The second kappa shape index (κ2) is 11.2. The maximum Gasteiger partial charge on any atom is 0.317 e. The van der Waals surface area contributed by atoms with Gasteiger partial charge in [-0.25, -0.2) is 9.48 Å². The minimum atomic E-state index is -0.0630. The number of hydrogen-bond acceptors (Lipinski definition) is 4. The summed E-state index contributed by atoms with van der Waals surface area (Å²) in [5.41, 5.74) is 3.43. The average molecular weight is 485 g/mol. The van der Waals surface area contributed by atoms with Crippen molar-refractivity contribution in [1.82, 2.24) is 29.9 Å². The van der Waals surface area contributed by atoms with E-state index in [4.69, 9.17) is 5.10 Å². The van der Waals surface area contributed by atoms with Crippen LogP contribution in [0.5, 0.6) is 0 Å². The number of pyridine rings is 1. The molecule has 2 fully saturated rings. The Balaban J connectivity index is 1.24. The number of hydrogen-bond donors (Lipinski definition) is 1. The smallest absolute Gasteiger partial charge is 0.317 e. The highest BCUT2D eigenvalue weighted by molar-refractivity contribution is 5.93. The molecule has 8 nitrogen and oxygen atoms in total. The lowest BCUT2D eigenvalue weighted by molar-refractivity contribution is -0.127. The van der Waals surface area contributed by atoms with E-state index in [-0.39, 0.29) is 11.9 Å². The van der Waals surface area contributed by atoms with Crippen molar-refractivity contribution < 1.29 is 9.59 Å². The van der Waals surface area contributed by atoms with E-state index in [0.29, 0.717) is 32.2 Å². The molecule has 2 aromatic heterocycles. The number of para-hydroxylation sites is 1. The molecular weight excluding hydrogens is 452 g/mol. The third-order valence-corrected chi connectivity index (χ3v) is 6.92. The molecule has 3 heterocycles. The third kappa shape index (κ3) is 5.64. The quantitative estimate of drug-likeness (QED) is 0.552. The summed E-state index contributed by atoms with van der Waals surface area (Å²) >= 11 is 0. The fourth-order valence-electron chi connectivity index (χ4n) is 4.86. The van der Waals surface area contributed by atoms with Crippen molar-refractivity contribution in [1.29, 1.82) is 0 Å². The topological polar surface area (TPSA) is 83.4 Å². The van der Waals surface area contributed by atoms with Gasteiger partial charge in [-0.1, -0.05) is 37.5 Å². The molecule has 3 aromatic rings. The van der Waals surface area contributed by atoms with Gasteiger partial charge < -0.3 is 15.1 Å². The second-order valence-electron chi connectivity index (χ2n) is 9.38. The maximum absolute atomic E-state index is 13.0. The van der Waals surface area contributed by atoms with Crippen LogP contribution in [0.3, 0.4) is 0 Å². The highest BCUT2D eigenvalue weighted by Crippen LogP contribution is 2.24. The summed E-state index contributed by atoms with van der Waals surface area (Å²) < 4.78 is 1.82. The van der Waals surface area contributed by atoms with E-state index < -0.39 is 0 Å². The Labute approximate surface area is 211 Å². The molecule has 0 bridgehead atoms. The number of carbonyl (C=O) groups excluding carboxylic acids is 2. The van der Waals surface area contributed by atoms with Gasteiger partial charge in [0.15, 0.2) is 0 Å². The number of nitrogens with zero attached hydrogens (tertiary/aromatic N) is 5. The van der Waals surface area contributed by atoms with Gasteiger partial charge in [0.05, 0.1) is 5.69 Å². The zero-order valence-electron chi connectivity index (χ0n) is 20.4. The van der Waals surface area contributed by atoms with Crippen molar-refractivity contribution in [3.8, 4) is 16.9 Å². The minimum absolute atomic E-state index is 0.000945. The van der Waals surface area contributed by atoms with Crippen LogP contribution in [0, 0.1) is 0 Å². The van der Waals surface area contributed by atoms with Crippen LogP contribution in [0.2, 0.25) is 0 Å². The number of urea groups is 1. The van der Waals surface area contributed by atoms with Gasteiger partial charge in [0, 0.05) is 68.0 Å². The van der Waals surface area contributed by atoms with E-state index >= 15 is 0 Å². The first-order chi connectivity index (χ1) is 17.7. The van der Waals surface area contributed by atoms with Gasteiger partial charge in [-0.3, -0.25) is 9.78 Å². The number of amides is 3. The molecule has 0 unspecified atom stereocenters. The summed E-state index contributed by atoms with van der Waals surface area (Å²) in [6.07, 6.45) is 14.6. The van der Waals surface area contributed by atoms with Gasteiger partial charge in [0.2, 0.25) is 5.91 Å². The Kier molecular flexibility index (Phi) is 7.40. The van der Waals surface area contributed by atoms with Gasteiger partial charge in [-0.2, -0.15) is 5.10 Å². The van der Waals surface area contributed by atoms with Crippen molar-refractivity contribution >= 4 is 18.0 Å². The summed E-state index contributed by atoms with van der Waals surface area (Å²) in [5.74, 6) is -0.0630. The molecule has 0 spiro atoms. The van der Waals surface area contributed by atoms with Crippen molar-refractivity contribution in [3.05, 3.63) is 72.7 Å². The summed E-state index contributed by atoms with van der Waals surface area (Å²) in [5, 5.41) is 7.94. The molecule has 3 amide bonds. The first-order valence-corrected chi connectivity index (χ1v) is 12.8. The molecule has 0 radical (unpaired) electrons. The number of piperazine rings is 1. The largest absolute Gasteiger partial charge is 0.336 e. The Bertz CT molecular complexity index is 1190. The Morgan fingerprint density at radius 2 is 1.67 bits per heavy atom. The molecule has 1 aliphatic heterocycles. The normalized spacial score (nSPS) is 16.9. The van der Waals surface area contributed by atoms with E-state index in [0.717, 1.165) is 35.3 Å². The lowest BCUT2D eigenvalue weighted by atomic mass is 9.96. The van der Waals surface area contributed by atoms with Crippen LogP contribution in [0.25, 0.3) is 23.0 Å². The predicted octanol–water partition coefficient (Wildman–Crippen LogP) is 4.13. The number of nitrogens with one attached hydrogen (secondary N) is 1. The van der Waals surface area contributed by atoms with Crippen molar-refractivity contribution in [3.63, 3.8) is 0 Å². The molecule has 8 heteroatoms. The lowest BCUT2D eigenvalue weighted by Crippen LogP contribution is -2.54. The molecule has 2 aliphatic rings. The maximum atomic E-state index is 13.0. The van der Waals surface area contributed by atoms with Crippen LogP contribution in [0.15, 0.2) is 67.1 Å². The summed E-state index contributed by atoms with van der Waals surface area (Å²) in [6, 6.07) is 14.0. The van der Waals surface area contributed by atoms with Gasteiger partial charge in [0.1, 0.15) is 5.69 Å². The first-order valence-electron chi connectivity index (χ1n) is 12.8. The lowest BCUT2D eigenvalue weighted by Gasteiger charge is -2.35. The van der Waals surface area contributed by atoms with E-state index in [9.17, 15) is 9.59 Å². The van der Waals surface area contributed by atoms with E-state index in [2.05, 4.69) is 10.3 Å². The molecule has 1 aliphatic carbocycles. The van der Waals surface area contributed by atoms with Crippen molar-refractivity contribution in [2.75, 3.05) is 26.2 Å². The van der Waals surface area contributed by atoms with Gasteiger partial charge >= 0.3 is 6.03 Å². The zero-order chi connectivity index (χ0) is 24.7. The van der Waals surface area contributed by atoms with Gasteiger partial charge in [-0.05, 0) is 43.2 Å². The van der Waals surface area contributed by atoms with Crippen molar-refractivity contribution in [2.45, 2.75) is 38.1 Å². The standard InChI is InChI=1S/C28H32N6O2/c35-26(32-16-18-33(19-17-32)28(36)30-24-9-3-1-4-10-24)14-13-23-21-34(25-11-5-2-6-12-25)31-27(23)22-8-7-15-29-20-22/h2,5-8,11-15,20-21,24H,1,3-4,9-10,16-19H2,(H,30,36)/b14-13+. The van der Waals surface area contributed by atoms with Gasteiger partial charge in [-0.15, -0.1) is 0 Å². The van der Waals surface area contributed by atoms with Crippen LogP contribution in [0.1, 0.15) is 37.7 Å². The number of aromatic nitrogens is 3.